The maximum absolute atomic E-state index is 5.14. The second-order valence-corrected chi connectivity index (χ2v) is 8.12. The molecule has 1 N–H and O–H groups in total. The van der Waals surface area contributed by atoms with E-state index in [0.717, 1.165) is 37.6 Å². The van der Waals surface area contributed by atoms with Gasteiger partial charge in [-0.3, -0.25) is 0 Å². The SMILES string of the molecule is COCc1nc2n(n1)CCC[C@H]2NCc1cnc(C(C)(C)C)s1. The molecule has 0 bridgehead atoms. The van der Waals surface area contributed by atoms with Crippen molar-refractivity contribution >= 4 is 11.3 Å². The van der Waals surface area contributed by atoms with Gasteiger partial charge in [-0.15, -0.1) is 11.3 Å². The molecule has 1 atom stereocenters. The molecule has 1 aliphatic heterocycles. The number of fused-ring (bicyclic) bond motifs is 1. The summed E-state index contributed by atoms with van der Waals surface area (Å²) in [4.78, 5) is 10.5. The Balaban J connectivity index is 1.66. The van der Waals surface area contributed by atoms with Crippen molar-refractivity contribution < 1.29 is 4.74 Å². The van der Waals surface area contributed by atoms with Crippen LogP contribution in [-0.2, 0) is 29.8 Å². The average Bonchev–Trinajstić information content (AvgIpc) is 3.11. The van der Waals surface area contributed by atoms with E-state index < -0.39 is 0 Å². The van der Waals surface area contributed by atoms with Gasteiger partial charge in [0.05, 0.1) is 11.0 Å². The second-order valence-electron chi connectivity index (χ2n) is 7.00. The van der Waals surface area contributed by atoms with Crippen LogP contribution in [0.1, 0.15) is 61.2 Å². The van der Waals surface area contributed by atoms with E-state index in [0.29, 0.717) is 6.61 Å². The van der Waals surface area contributed by atoms with Crippen molar-refractivity contribution in [2.75, 3.05) is 7.11 Å². The molecule has 126 valence electrons. The van der Waals surface area contributed by atoms with Gasteiger partial charge in [-0.1, -0.05) is 20.8 Å². The largest absolute Gasteiger partial charge is 0.377 e. The highest BCUT2D eigenvalue weighted by atomic mass is 32.1. The van der Waals surface area contributed by atoms with E-state index in [-0.39, 0.29) is 11.5 Å². The Morgan fingerprint density at radius 1 is 1.43 bits per heavy atom. The molecule has 23 heavy (non-hydrogen) atoms. The van der Waals surface area contributed by atoms with E-state index in [1.807, 2.05) is 10.9 Å². The molecule has 2 aromatic rings. The van der Waals surface area contributed by atoms with Crippen molar-refractivity contribution in [2.24, 2.45) is 0 Å². The average molecular weight is 335 g/mol. The van der Waals surface area contributed by atoms with Crippen LogP contribution in [0.15, 0.2) is 6.20 Å². The monoisotopic (exact) mass is 335 g/mol. The predicted octanol–water partition coefficient (Wildman–Crippen LogP) is 2.80. The van der Waals surface area contributed by atoms with Crippen molar-refractivity contribution in [3.8, 4) is 0 Å². The van der Waals surface area contributed by atoms with Crippen LogP contribution in [-0.4, -0.2) is 26.9 Å². The summed E-state index contributed by atoms with van der Waals surface area (Å²) in [6.45, 7) is 8.83. The zero-order chi connectivity index (χ0) is 16.4. The third-order valence-corrected chi connectivity index (χ3v) is 5.33. The molecule has 0 saturated heterocycles. The van der Waals surface area contributed by atoms with Crippen molar-refractivity contribution in [2.45, 2.75) is 64.8 Å². The third kappa shape index (κ3) is 3.79. The van der Waals surface area contributed by atoms with Crippen LogP contribution in [0.5, 0.6) is 0 Å². The number of aromatic nitrogens is 4. The number of nitrogens with zero attached hydrogens (tertiary/aromatic N) is 4. The van der Waals surface area contributed by atoms with Crippen LogP contribution in [0.4, 0.5) is 0 Å². The summed E-state index contributed by atoms with van der Waals surface area (Å²) >= 11 is 1.79. The Bertz CT molecular complexity index is 658. The van der Waals surface area contributed by atoms with Crippen molar-refractivity contribution in [3.63, 3.8) is 0 Å². The minimum Gasteiger partial charge on any atom is -0.377 e. The van der Waals surface area contributed by atoms with Gasteiger partial charge in [0.25, 0.3) is 0 Å². The summed E-state index contributed by atoms with van der Waals surface area (Å²) < 4.78 is 7.16. The van der Waals surface area contributed by atoms with Crippen molar-refractivity contribution in [1.29, 1.82) is 0 Å². The summed E-state index contributed by atoms with van der Waals surface area (Å²) in [5, 5.41) is 9.32. The normalized spacial score (nSPS) is 18.2. The summed E-state index contributed by atoms with van der Waals surface area (Å²) in [7, 11) is 1.67. The minimum absolute atomic E-state index is 0.114. The van der Waals surface area contributed by atoms with Crippen molar-refractivity contribution in [1.82, 2.24) is 25.1 Å². The third-order valence-electron chi connectivity index (χ3n) is 3.91. The van der Waals surface area contributed by atoms with Gasteiger partial charge < -0.3 is 10.1 Å². The smallest absolute Gasteiger partial charge is 0.176 e. The standard InChI is InChI=1S/C16H25N5OS/c1-16(2,3)15-18-9-11(23-15)8-17-12-6-5-7-21-14(12)19-13(20-21)10-22-4/h9,12,17H,5-8,10H2,1-4H3/t12-/m1/s1. The number of hydrogen-bond donors (Lipinski definition) is 1. The first-order valence-corrected chi connectivity index (χ1v) is 8.90. The molecule has 0 unspecified atom stereocenters. The van der Waals surface area contributed by atoms with E-state index in [2.05, 4.69) is 41.2 Å². The number of rotatable bonds is 5. The number of nitrogens with one attached hydrogen (secondary N) is 1. The summed E-state index contributed by atoms with van der Waals surface area (Å²) in [6, 6.07) is 0.252. The number of aryl methyl sites for hydroxylation is 1. The van der Waals surface area contributed by atoms with Gasteiger partial charge in [0.15, 0.2) is 5.82 Å². The van der Waals surface area contributed by atoms with E-state index in [1.165, 1.54) is 9.88 Å². The maximum atomic E-state index is 5.14. The van der Waals surface area contributed by atoms with Gasteiger partial charge in [-0.05, 0) is 12.8 Å². The van der Waals surface area contributed by atoms with Crippen LogP contribution in [0.2, 0.25) is 0 Å². The zero-order valence-corrected chi connectivity index (χ0v) is 15.1. The fraction of sp³-hybridized carbons (Fsp3) is 0.688. The molecular formula is C16H25N5OS. The lowest BCUT2D eigenvalue weighted by Crippen LogP contribution is -2.28. The molecule has 0 saturated carbocycles. The fourth-order valence-electron chi connectivity index (χ4n) is 2.74. The lowest BCUT2D eigenvalue weighted by Gasteiger charge is -2.22. The number of methoxy groups -OCH3 is 1. The Morgan fingerprint density at radius 3 is 2.96 bits per heavy atom. The Hall–Kier alpha value is -1.31. The predicted molar refractivity (Wildman–Crippen MR) is 90.4 cm³/mol. The fourth-order valence-corrected chi connectivity index (χ4v) is 3.66. The second kappa shape index (κ2) is 6.67. The molecule has 3 rings (SSSR count). The van der Waals surface area contributed by atoms with Gasteiger partial charge in [-0.2, -0.15) is 5.10 Å². The molecule has 7 heteroatoms. The molecule has 1 aliphatic rings. The van der Waals surface area contributed by atoms with E-state index >= 15 is 0 Å². The Labute approximate surface area is 141 Å². The Kier molecular flexibility index (Phi) is 4.79. The van der Waals surface area contributed by atoms with Gasteiger partial charge in [0, 0.05) is 36.7 Å². The highest BCUT2D eigenvalue weighted by Crippen LogP contribution is 2.28. The van der Waals surface area contributed by atoms with Gasteiger partial charge in [-0.25, -0.2) is 14.6 Å². The van der Waals surface area contributed by atoms with Gasteiger partial charge in [0.2, 0.25) is 0 Å². The van der Waals surface area contributed by atoms with Crippen LogP contribution in [0.25, 0.3) is 0 Å². The molecule has 0 radical (unpaired) electrons. The molecule has 6 nitrogen and oxygen atoms in total. The minimum atomic E-state index is 0.114. The summed E-state index contributed by atoms with van der Waals surface area (Å²) in [6.07, 6.45) is 4.20. The zero-order valence-electron chi connectivity index (χ0n) is 14.3. The molecule has 0 amide bonds. The molecule has 0 aromatic carbocycles. The lowest BCUT2D eigenvalue weighted by atomic mass is 9.98. The Morgan fingerprint density at radius 2 is 2.26 bits per heavy atom. The first-order chi connectivity index (χ1) is 11.0. The molecule has 3 heterocycles. The number of thiazole rings is 1. The van der Waals surface area contributed by atoms with Gasteiger partial charge >= 0.3 is 0 Å². The molecule has 0 spiro atoms. The van der Waals surface area contributed by atoms with Gasteiger partial charge in [0.1, 0.15) is 12.4 Å². The van der Waals surface area contributed by atoms with Crippen LogP contribution in [0, 0.1) is 0 Å². The highest BCUT2D eigenvalue weighted by Gasteiger charge is 2.24. The van der Waals surface area contributed by atoms with Crippen LogP contribution >= 0.6 is 11.3 Å². The molecule has 0 aliphatic carbocycles. The molecular weight excluding hydrogens is 310 g/mol. The highest BCUT2D eigenvalue weighted by molar-refractivity contribution is 7.11. The summed E-state index contributed by atoms with van der Waals surface area (Å²) in [5.41, 5.74) is 0.114. The topological polar surface area (TPSA) is 64.9 Å². The number of ether oxygens (including phenoxy) is 1. The summed E-state index contributed by atoms with van der Waals surface area (Å²) in [5.74, 6) is 1.80. The number of hydrogen-bond acceptors (Lipinski definition) is 6. The van der Waals surface area contributed by atoms with E-state index in [1.54, 1.807) is 18.4 Å². The lowest BCUT2D eigenvalue weighted by molar-refractivity contribution is 0.177. The van der Waals surface area contributed by atoms with Crippen molar-refractivity contribution in [3.05, 3.63) is 27.7 Å². The first-order valence-electron chi connectivity index (χ1n) is 8.08. The van der Waals surface area contributed by atoms with Crippen LogP contribution in [0.3, 0.4) is 0 Å². The van der Waals surface area contributed by atoms with Crippen LogP contribution < -0.4 is 5.32 Å². The quantitative estimate of drug-likeness (QED) is 0.910. The molecule has 2 aromatic heterocycles. The first kappa shape index (κ1) is 16.5. The molecule has 0 fully saturated rings. The van der Waals surface area contributed by atoms with E-state index in [9.17, 15) is 0 Å². The van der Waals surface area contributed by atoms with E-state index in [4.69, 9.17) is 4.74 Å². The maximum Gasteiger partial charge on any atom is 0.176 e.